The third-order valence-electron chi connectivity index (χ3n) is 7.13. The number of hydrogen-bond donors (Lipinski definition) is 0. The zero-order valence-electron chi connectivity index (χ0n) is 17.5. The van der Waals surface area contributed by atoms with Gasteiger partial charge in [-0.3, -0.25) is 9.59 Å². The van der Waals surface area contributed by atoms with Gasteiger partial charge in [0, 0.05) is 45.3 Å². The number of nitrogens with zero attached hydrogens (tertiary/aromatic N) is 2. The molecular weight excluding hydrogens is 364 g/mol. The van der Waals surface area contributed by atoms with E-state index in [9.17, 15) is 9.59 Å². The molecule has 0 spiro atoms. The Bertz CT molecular complexity index is 683. The normalized spacial score (nSPS) is 23.4. The summed E-state index contributed by atoms with van der Waals surface area (Å²) in [6, 6.07) is 10.2. The summed E-state index contributed by atoms with van der Waals surface area (Å²) in [5, 5.41) is 0. The standard InChI is InChI=1S/C24H34N2O3/c27-22(25-14-6-1-2-7-15-25)20-10-16-26(17-11-20)23(28)24(12-18-29-19-13-24)21-8-4-3-5-9-21/h3-5,8-9,20H,1-2,6-7,10-19H2. The van der Waals surface area contributed by atoms with E-state index in [1.54, 1.807) is 0 Å². The van der Waals surface area contributed by atoms with E-state index in [2.05, 4.69) is 17.0 Å². The van der Waals surface area contributed by atoms with E-state index < -0.39 is 5.41 Å². The minimum atomic E-state index is -0.471. The van der Waals surface area contributed by atoms with Crippen LogP contribution < -0.4 is 0 Å². The molecular formula is C24H34N2O3. The first-order valence-corrected chi connectivity index (χ1v) is 11.4. The van der Waals surface area contributed by atoms with Crippen LogP contribution in [0.15, 0.2) is 30.3 Å². The quantitative estimate of drug-likeness (QED) is 0.784. The largest absolute Gasteiger partial charge is 0.381 e. The molecule has 3 fully saturated rings. The third-order valence-corrected chi connectivity index (χ3v) is 7.13. The average molecular weight is 399 g/mol. The van der Waals surface area contributed by atoms with Crippen molar-refractivity contribution < 1.29 is 14.3 Å². The summed E-state index contributed by atoms with van der Waals surface area (Å²) in [6.45, 7) is 4.47. The van der Waals surface area contributed by atoms with Crippen molar-refractivity contribution in [2.24, 2.45) is 5.92 Å². The Balaban J connectivity index is 1.41. The zero-order chi connectivity index (χ0) is 20.1. The Morgan fingerprint density at radius 1 is 0.828 bits per heavy atom. The molecule has 29 heavy (non-hydrogen) atoms. The van der Waals surface area contributed by atoms with E-state index in [0.717, 1.165) is 57.2 Å². The molecule has 3 aliphatic rings. The minimum Gasteiger partial charge on any atom is -0.381 e. The van der Waals surface area contributed by atoms with Crippen LogP contribution in [0.5, 0.6) is 0 Å². The SMILES string of the molecule is O=C(C1CCN(C(=O)C2(c3ccccc3)CCOCC2)CC1)N1CCCCCC1. The number of carbonyl (C=O) groups excluding carboxylic acids is 2. The van der Waals surface area contributed by atoms with Crippen molar-refractivity contribution in [2.75, 3.05) is 39.4 Å². The Morgan fingerprint density at radius 3 is 2.07 bits per heavy atom. The number of benzene rings is 1. The summed E-state index contributed by atoms with van der Waals surface area (Å²) in [7, 11) is 0. The first-order chi connectivity index (χ1) is 14.2. The molecule has 4 rings (SSSR count). The van der Waals surface area contributed by atoms with Gasteiger partial charge in [0.25, 0.3) is 0 Å². The van der Waals surface area contributed by atoms with Crippen LogP contribution in [0.3, 0.4) is 0 Å². The summed E-state index contributed by atoms with van der Waals surface area (Å²) in [6.07, 6.45) is 7.80. The summed E-state index contributed by atoms with van der Waals surface area (Å²) in [4.78, 5) is 30.7. The lowest BCUT2D eigenvalue weighted by atomic mass is 9.72. The molecule has 3 aliphatic heterocycles. The van der Waals surface area contributed by atoms with Crippen molar-refractivity contribution >= 4 is 11.8 Å². The lowest BCUT2D eigenvalue weighted by Gasteiger charge is -2.42. The molecule has 1 aromatic carbocycles. The van der Waals surface area contributed by atoms with Crippen molar-refractivity contribution in [3.05, 3.63) is 35.9 Å². The van der Waals surface area contributed by atoms with E-state index >= 15 is 0 Å². The molecule has 0 bridgehead atoms. The van der Waals surface area contributed by atoms with E-state index in [4.69, 9.17) is 4.74 Å². The fourth-order valence-electron chi connectivity index (χ4n) is 5.28. The van der Waals surface area contributed by atoms with Gasteiger partial charge in [-0.1, -0.05) is 43.2 Å². The monoisotopic (exact) mass is 398 g/mol. The fraction of sp³-hybridized carbons (Fsp3) is 0.667. The average Bonchev–Trinajstić information content (AvgIpc) is 3.09. The molecule has 1 aromatic rings. The lowest BCUT2D eigenvalue weighted by molar-refractivity contribution is -0.146. The molecule has 0 N–H and O–H groups in total. The van der Waals surface area contributed by atoms with E-state index in [1.165, 1.54) is 12.8 Å². The Hall–Kier alpha value is -1.88. The smallest absolute Gasteiger partial charge is 0.233 e. The van der Waals surface area contributed by atoms with Gasteiger partial charge in [0.15, 0.2) is 0 Å². The summed E-state index contributed by atoms with van der Waals surface area (Å²) in [5.41, 5.74) is 0.636. The van der Waals surface area contributed by atoms with Gasteiger partial charge in [0.1, 0.15) is 0 Å². The van der Waals surface area contributed by atoms with E-state index in [0.29, 0.717) is 32.2 Å². The van der Waals surface area contributed by atoms with E-state index in [1.807, 2.05) is 23.1 Å². The van der Waals surface area contributed by atoms with Crippen LogP contribution in [0.4, 0.5) is 0 Å². The van der Waals surface area contributed by atoms with Gasteiger partial charge in [-0.25, -0.2) is 0 Å². The second-order valence-electron chi connectivity index (χ2n) is 8.87. The highest BCUT2D eigenvalue weighted by atomic mass is 16.5. The molecule has 0 radical (unpaired) electrons. The van der Waals surface area contributed by atoms with Gasteiger partial charge in [0.05, 0.1) is 5.41 Å². The van der Waals surface area contributed by atoms with Crippen LogP contribution in [0, 0.1) is 5.92 Å². The maximum atomic E-state index is 13.7. The number of likely N-dealkylation sites (tertiary alicyclic amines) is 2. The second kappa shape index (κ2) is 9.29. The van der Waals surface area contributed by atoms with Gasteiger partial charge >= 0.3 is 0 Å². The maximum absolute atomic E-state index is 13.7. The molecule has 158 valence electrons. The summed E-state index contributed by atoms with van der Waals surface area (Å²) in [5.74, 6) is 0.634. The van der Waals surface area contributed by atoms with Gasteiger partial charge in [-0.05, 0) is 44.1 Å². The van der Waals surface area contributed by atoms with Crippen LogP contribution in [-0.2, 0) is 19.7 Å². The Labute approximate surface area is 174 Å². The van der Waals surface area contributed by atoms with Crippen molar-refractivity contribution in [1.29, 1.82) is 0 Å². The van der Waals surface area contributed by atoms with Crippen LogP contribution >= 0.6 is 0 Å². The van der Waals surface area contributed by atoms with Crippen molar-refractivity contribution in [3.63, 3.8) is 0 Å². The predicted molar refractivity (Wildman–Crippen MR) is 113 cm³/mol. The first kappa shape index (κ1) is 20.4. The van der Waals surface area contributed by atoms with Crippen molar-refractivity contribution in [1.82, 2.24) is 9.80 Å². The number of amides is 2. The molecule has 3 saturated heterocycles. The van der Waals surface area contributed by atoms with Crippen LogP contribution in [-0.4, -0.2) is 61.0 Å². The molecule has 2 amide bonds. The summed E-state index contributed by atoms with van der Waals surface area (Å²) >= 11 is 0. The molecule has 0 unspecified atom stereocenters. The highest BCUT2D eigenvalue weighted by Crippen LogP contribution is 2.38. The third kappa shape index (κ3) is 4.35. The highest BCUT2D eigenvalue weighted by molar-refractivity contribution is 5.89. The fourth-order valence-corrected chi connectivity index (χ4v) is 5.28. The molecule has 0 aromatic heterocycles. The number of ether oxygens (including phenoxy) is 1. The van der Waals surface area contributed by atoms with Crippen LogP contribution in [0.2, 0.25) is 0 Å². The predicted octanol–water partition coefficient (Wildman–Crippen LogP) is 3.38. The summed E-state index contributed by atoms with van der Waals surface area (Å²) < 4.78 is 5.59. The van der Waals surface area contributed by atoms with Crippen LogP contribution in [0.25, 0.3) is 0 Å². The van der Waals surface area contributed by atoms with Gasteiger partial charge in [-0.2, -0.15) is 0 Å². The molecule has 0 atom stereocenters. The van der Waals surface area contributed by atoms with Gasteiger partial charge in [-0.15, -0.1) is 0 Å². The molecule has 0 saturated carbocycles. The van der Waals surface area contributed by atoms with Crippen molar-refractivity contribution in [3.8, 4) is 0 Å². The number of carbonyl (C=O) groups is 2. The first-order valence-electron chi connectivity index (χ1n) is 11.4. The van der Waals surface area contributed by atoms with E-state index in [-0.39, 0.29) is 11.8 Å². The highest BCUT2D eigenvalue weighted by Gasteiger charge is 2.45. The minimum absolute atomic E-state index is 0.0829. The molecule has 5 nitrogen and oxygen atoms in total. The van der Waals surface area contributed by atoms with Gasteiger partial charge in [0.2, 0.25) is 11.8 Å². The lowest BCUT2D eigenvalue weighted by Crippen LogP contribution is -2.53. The topological polar surface area (TPSA) is 49.9 Å². The molecule has 0 aliphatic carbocycles. The van der Waals surface area contributed by atoms with Crippen molar-refractivity contribution in [2.45, 2.75) is 56.8 Å². The Kier molecular flexibility index (Phi) is 6.53. The van der Waals surface area contributed by atoms with Gasteiger partial charge < -0.3 is 14.5 Å². The second-order valence-corrected chi connectivity index (χ2v) is 8.87. The number of piperidine rings is 1. The Morgan fingerprint density at radius 2 is 1.45 bits per heavy atom. The maximum Gasteiger partial charge on any atom is 0.233 e. The number of rotatable bonds is 3. The molecule has 5 heteroatoms. The van der Waals surface area contributed by atoms with Crippen LogP contribution in [0.1, 0.15) is 56.9 Å². The number of hydrogen-bond acceptors (Lipinski definition) is 3. The zero-order valence-corrected chi connectivity index (χ0v) is 17.5. The molecule has 3 heterocycles.